The molecule has 4 rings (SSSR count). The van der Waals surface area contributed by atoms with E-state index in [0.717, 1.165) is 12.1 Å². The number of nitrogens with one attached hydrogen (secondary N) is 1. The van der Waals surface area contributed by atoms with Gasteiger partial charge >= 0.3 is 0 Å². The van der Waals surface area contributed by atoms with Crippen molar-refractivity contribution in [2.75, 3.05) is 20.3 Å². The Kier molecular flexibility index (Phi) is 8.93. The van der Waals surface area contributed by atoms with Gasteiger partial charge in [-0.25, -0.2) is 13.8 Å². The van der Waals surface area contributed by atoms with Gasteiger partial charge in [-0.2, -0.15) is 0 Å². The third-order valence-corrected chi connectivity index (χ3v) is 6.34. The second-order valence-electron chi connectivity index (χ2n) is 8.98. The van der Waals surface area contributed by atoms with Crippen molar-refractivity contribution in [3.8, 4) is 11.5 Å². The predicted molar refractivity (Wildman–Crippen MR) is 143 cm³/mol. The van der Waals surface area contributed by atoms with E-state index in [1.807, 2.05) is 6.07 Å². The first kappa shape index (κ1) is 27.8. The van der Waals surface area contributed by atoms with Crippen LogP contribution >= 0.6 is 0 Å². The molecule has 0 aliphatic carbocycles. The van der Waals surface area contributed by atoms with Crippen LogP contribution in [0.3, 0.4) is 0 Å². The third kappa shape index (κ3) is 6.26. The number of methoxy groups -OCH3 is 1. The van der Waals surface area contributed by atoms with E-state index in [-0.39, 0.29) is 31.0 Å². The molecule has 3 aromatic carbocycles. The summed E-state index contributed by atoms with van der Waals surface area (Å²) in [7, 11) is 1.54. The van der Waals surface area contributed by atoms with Crippen molar-refractivity contribution in [3.05, 3.63) is 108 Å². The van der Waals surface area contributed by atoms with E-state index in [1.54, 1.807) is 55.7 Å². The van der Waals surface area contributed by atoms with Crippen LogP contribution in [0.2, 0.25) is 0 Å². The number of amides is 1. The Balaban J connectivity index is 1.68. The number of rotatable bonds is 12. The van der Waals surface area contributed by atoms with Crippen molar-refractivity contribution in [1.82, 2.24) is 5.32 Å². The lowest BCUT2D eigenvalue weighted by atomic mass is 9.84. The van der Waals surface area contributed by atoms with Crippen LogP contribution in [0.5, 0.6) is 11.5 Å². The van der Waals surface area contributed by atoms with Crippen molar-refractivity contribution in [2.24, 2.45) is 4.99 Å². The summed E-state index contributed by atoms with van der Waals surface area (Å²) in [5, 5.41) is 11.7. The van der Waals surface area contributed by atoms with Gasteiger partial charge in [0.2, 0.25) is 5.90 Å². The molecule has 0 fully saturated rings. The highest BCUT2D eigenvalue weighted by molar-refractivity contribution is 6.01. The van der Waals surface area contributed by atoms with Crippen molar-refractivity contribution in [3.63, 3.8) is 0 Å². The molecule has 1 aliphatic heterocycles. The molecule has 2 N–H and O–H groups in total. The van der Waals surface area contributed by atoms with Crippen LogP contribution in [0.25, 0.3) is 0 Å². The van der Waals surface area contributed by atoms with Crippen molar-refractivity contribution < 1.29 is 32.9 Å². The molecule has 9 heteroatoms. The summed E-state index contributed by atoms with van der Waals surface area (Å²) in [5.41, 5.74) is -0.0462. The van der Waals surface area contributed by atoms with Crippen molar-refractivity contribution in [2.45, 2.75) is 31.0 Å². The summed E-state index contributed by atoms with van der Waals surface area (Å²) >= 11 is 0. The molecule has 1 amide bonds. The van der Waals surface area contributed by atoms with E-state index in [4.69, 9.17) is 24.3 Å². The minimum atomic E-state index is -1.46. The highest BCUT2D eigenvalue weighted by Crippen LogP contribution is 2.43. The fourth-order valence-electron chi connectivity index (χ4n) is 4.33. The van der Waals surface area contributed by atoms with Crippen LogP contribution in [0.1, 0.15) is 35.6 Å². The van der Waals surface area contributed by atoms with Gasteiger partial charge in [-0.1, -0.05) is 24.3 Å². The summed E-state index contributed by atoms with van der Waals surface area (Å²) in [6.07, 6.45) is 1.37. The molecule has 39 heavy (non-hydrogen) atoms. The Bertz CT molecular complexity index is 1350. The maximum Gasteiger partial charge on any atom is 0.252 e. The molecule has 1 heterocycles. The van der Waals surface area contributed by atoms with Crippen LogP contribution in [0.4, 0.5) is 8.78 Å². The molecule has 7 nitrogen and oxygen atoms in total. The average molecular weight is 537 g/mol. The number of aliphatic hydroxyl groups excluding tert-OH is 1. The van der Waals surface area contributed by atoms with Gasteiger partial charge in [-0.05, 0) is 48.0 Å². The summed E-state index contributed by atoms with van der Waals surface area (Å²) in [6.45, 7) is 4.08. The zero-order chi connectivity index (χ0) is 27.8. The highest BCUT2D eigenvalue weighted by atomic mass is 19.1. The molecule has 1 aliphatic rings. The molecule has 2 atom stereocenters. The summed E-state index contributed by atoms with van der Waals surface area (Å²) in [6, 6.07) is 17.4. The fourth-order valence-corrected chi connectivity index (χ4v) is 4.33. The SMILES string of the molecule is C=CC[C@@]1(C(=O)NCc2ccc(F)cc2F)N=C(c2ccc(OCCCO)cc2)O[C@@H]1c1cccc(OC)c1. The standard InChI is InChI=1S/C30H30F2N2O5/c1-3-14-30(29(36)33-19-22-8-11-23(31)18-26(22)32)27(21-6-4-7-25(17-21)37-2)39-28(34-30)20-9-12-24(13-10-20)38-16-5-15-35/h3-4,6-13,17-18,27,35H,1,5,14-16,19H2,2H3,(H,33,36)/t27-,30-/m1/s1. The number of carbonyl (C=O) groups excluding carboxylic acids is 1. The van der Waals surface area contributed by atoms with E-state index >= 15 is 0 Å². The molecule has 0 saturated heterocycles. The number of aliphatic hydroxyl groups is 1. The quantitative estimate of drug-likeness (QED) is 0.254. The number of ether oxygens (including phenoxy) is 3. The second kappa shape index (κ2) is 12.5. The smallest absolute Gasteiger partial charge is 0.252 e. The minimum absolute atomic E-state index is 0.0373. The van der Waals surface area contributed by atoms with Gasteiger partial charge in [0.1, 0.15) is 23.1 Å². The van der Waals surface area contributed by atoms with Crippen LogP contribution in [0.15, 0.2) is 84.4 Å². The lowest BCUT2D eigenvalue weighted by Gasteiger charge is -2.30. The second-order valence-corrected chi connectivity index (χ2v) is 8.98. The zero-order valence-electron chi connectivity index (χ0n) is 21.5. The molecule has 0 radical (unpaired) electrons. The van der Waals surface area contributed by atoms with Gasteiger partial charge in [0.15, 0.2) is 11.6 Å². The van der Waals surface area contributed by atoms with Crippen LogP contribution in [-0.2, 0) is 16.1 Å². The van der Waals surface area contributed by atoms with E-state index in [1.165, 1.54) is 6.07 Å². The van der Waals surface area contributed by atoms with Gasteiger partial charge in [-0.15, -0.1) is 6.58 Å². The van der Waals surface area contributed by atoms with Gasteiger partial charge < -0.3 is 24.6 Å². The summed E-state index contributed by atoms with van der Waals surface area (Å²) in [4.78, 5) is 18.6. The van der Waals surface area contributed by atoms with E-state index in [9.17, 15) is 13.6 Å². The molecule has 0 saturated carbocycles. The zero-order valence-corrected chi connectivity index (χ0v) is 21.5. The number of nitrogens with zero attached hydrogens (tertiary/aromatic N) is 1. The average Bonchev–Trinajstić information content (AvgIpc) is 3.34. The minimum Gasteiger partial charge on any atom is -0.497 e. The largest absolute Gasteiger partial charge is 0.497 e. The molecular weight excluding hydrogens is 506 g/mol. The number of hydrogen-bond donors (Lipinski definition) is 2. The molecule has 0 bridgehead atoms. The monoisotopic (exact) mass is 536 g/mol. The number of aliphatic imine (C=N–C) groups is 1. The highest BCUT2D eigenvalue weighted by Gasteiger charge is 2.52. The van der Waals surface area contributed by atoms with Gasteiger partial charge in [0.05, 0.1) is 13.7 Å². The fraction of sp³-hybridized carbons (Fsp3) is 0.267. The Morgan fingerprint density at radius 3 is 2.64 bits per heavy atom. The molecule has 0 unspecified atom stereocenters. The first-order valence-corrected chi connectivity index (χ1v) is 12.5. The molecule has 3 aromatic rings. The topological polar surface area (TPSA) is 89.4 Å². The molecule has 204 valence electrons. The maximum absolute atomic E-state index is 14.3. The van der Waals surface area contributed by atoms with Crippen molar-refractivity contribution in [1.29, 1.82) is 0 Å². The lowest BCUT2D eigenvalue weighted by Crippen LogP contribution is -2.47. The maximum atomic E-state index is 14.3. The Hall–Kier alpha value is -4.24. The molecular formula is C30H30F2N2O5. The normalized spacial score (nSPS) is 18.2. The number of halogens is 2. The predicted octanol–water partition coefficient (Wildman–Crippen LogP) is 4.88. The van der Waals surface area contributed by atoms with E-state index < -0.39 is 29.2 Å². The Labute approximate surface area is 225 Å². The number of carbonyl (C=O) groups is 1. The first-order chi connectivity index (χ1) is 18.9. The van der Waals surface area contributed by atoms with Gasteiger partial charge in [-0.3, -0.25) is 4.79 Å². The number of hydrogen-bond acceptors (Lipinski definition) is 6. The van der Waals surface area contributed by atoms with Gasteiger partial charge in [0.25, 0.3) is 5.91 Å². The van der Waals surface area contributed by atoms with Gasteiger partial charge in [0, 0.05) is 43.2 Å². The lowest BCUT2D eigenvalue weighted by molar-refractivity contribution is -0.129. The van der Waals surface area contributed by atoms with Crippen LogP contribution in [0, 0.1) is 11.6 Å². The Morgan fingerprint density at radius 2 is 1.95 bits per heavy atom. The van der Waals surface area contributed by atoms with Crippen LogP contribution in [-0.4, -0.2) is 42.8 Å². The summed E-state index contributed by atoms with van der Waals surface area (Å²) in [5.74, 6) is -0.521. The first-order valence-electron chi connectivity index (χ1n) is 12.5. The summed E-state index contributed by atoms with van der Waals surface area (Å²) < 4.78 is 44.9. The third-order valence-electron chi connectivity index (χ3n) is 6.34. The molecule has 0 spiro atoms. The van der Waals surface area contributed by atoms with Crippen LogP contribution < -0.4 is 14.8 Å². The molecule has 0 aromatic heterocycles. The Morgan fingerprint density at radius 1 is 1.15 bits per heavy atom. The van der Waals surface area contributed by atoms with E-state index in [2.05, 4.69) is 11.9 Å². The van der Waals surface area contributed by atoms with E-state index in [0.29, 0.717) is 35.7 Å². The van der Waals surface area contributed by atoms with Crippen molar-refractivity contribution >= 4 is 11.8 Å². The number of benzene rings is 3.